The lowest BCUT2D eigenvalue weighted by Gasteiger charge is -2.20. The highest BCUT2D eigenvalue weighted by molar-refractivity contribution is 9.10. The van der Waals surface area contributed by atoms with Crippen LogP contribution in [0.2, 0.25) is 0 Å². The maximum atomic E-state index is 13.8. The summed E-state index contributed by atoms with van der Waals surface area (Å²) in [6.07, 6.45) is 0. The number of rotatable bonds is 6. The Balaban J connectivity index is 1.81. The Morgan fingerprint density at radius 3 is 2.37 bits per heavy atom. The van der Waals surface area contributed by atoms with E-state index in [0.717, 1.165) is 23.3 Å². The number of pyridine rings is 1. The third-order valence-corrected chi connectivity index (χ3v) is 5.58. The highest BCUT2D eigenvalue weighted by Crippen LogP contribution is 2.25. The number of hydrogen-bond donors (Lipinski definition) is 1. The smallest absolute Gasteiger partial charge is 0.269 e. The minimum absolute atomic E-state index is 0.121. The highest BCUT2D eigenvalue weighted by atomic mass is 79.9. The van der Waals surface area contributed by atoms with Crippen molar-refractivity contribution in [1.29, 1.82) is 0 Å². The van der Waals surface area contributed by atoms with Gasteiger partial charge in [0.25, 0.3) is 5.56 Å². The summed E-state index contributed by atoms with van der Waals surface area (Å²) in [7, 11) is 0. The fourth-order valence-electron chi connectivity index (χ4n) is 3.03. The third kappa shape index (κ3) is 4.96. The van der Waals surface area contributed by atoms with Crippen molar-refractivity contribution in [3.05, 3.63) is 97.4 Å². The first-order valence-corrected chi connectivity index (χ1v) is 10.2. The largest absolute Gasteiger partial charge is 0.487 e. The molecule has 0 radical (unpaired) electrons. The van der Waals surface area contributed by atoms with Crippen LogP contribution in [0.4, 0.5) is 8.78 Å². The van der Waals surface area contributed by atoms with Gasteiger partial charge in [0.1, 0.15) is 28.5 Å². The quantitative estimate of drug-likeness (QED) is 0.543. The molecule has 0 unspecified atom stereocenters. The van der Waals surface area contributed by atoms with Crippen molar-refractivity contribution in [1.82, 2.24) is 4.57 Å². The van der Waals surface area contributed by atoms with Crippen LogP contribution < -0.4 is 16.0 Å². The zero-order valence-corrected chi connectivity index (χ0v) is 18.6. The van der Waals surface area contributed by atoms with E-state index in [1.54, 1.807) is 17.6 Å². The second-order valence-electron chi connectivity index (χ2n) is 7.80. The number of ether oxygens (including phenoxy) is 1. The Labute approximate surface area is 182 Å². The van der Waals surface area contributed by atoms with E-state index in [9.17, 15) is 13.6 Å². The van der Waals surface area contributed by atoms with Crippen LogP contribution in [-0.4, -0.2) is 4.57 Å². The van der Waals surface area contributed by atoms with Crippen LogP contribution in [0.15, 0.2) is 57.8 Å². The predicted octanol–water partition coefficient (Wildman–Crippen LogP) is 5.02. The molecular formula is C23H23BrF2N2O2. The molecule has 7 heteroatoms. The Morgan fingerprint density at radius 2 is 1.77 bits per heavy atom. The van der Waals surface area contributed by atoms with E-state index in [4.69, 9.17) is 10.5 Å². The topological polar surface area (TPSA) is 57.2 Å². The molecule has 158 valence electrons. The van der Waals surface area contributed by atoms with E-state index in [1.165, 1.54) is 6.07 Å². The molecule has 0 amide bonds. The lowest BCUT2D eigenvalue weighted by atomic mass is 9.95. The van der Waals surface area contributed by atoms with Gasteiger partial charge in [0.05, 0.1) is 6.54 Å². The lowest BCUT2D eigenvalue weighted by molar-refractivity contribution is 0.296. The van der Waals surface area contributed by atoms with E-state index in [1.807, 2.05) is 38.1 Å². The van der Waals surface area contributed by atoms with Crippen molar-refractivity contribution in [2.24, 2.45) is 5.73 Å². The van der Waals surface area contributed by atoms with E-state index in [-0.39, 0.29) is 22.2 Å². The first kappa shape index (κ1) is 22.2. The normalized spacial score (nSPS) is 11.6. The summed E-state index contributed by atoms with van der Waals surface area (Å²) < 4.78 is 34.4. The molecule has 1 heterocycles. The molecule has 1 aromatic heterocycles. The van der Waals surface area contributed by atoms with Crippen molar-refractivity contribution in [2.75, 3.05) is 0 Å². The number of nitrogens with zero attached hydrogens (tertiary/aromatic N) is 1. The average Bonchev–Trinajstić information content (AvgIpc) is 2.68. The molecule has 0 atom stereocenters. The van der Waals surface area contributed by atoms with Gasteiger partial charge in [0.15, 0.2) is 0 Å². The molecule has 4 nitrogen and oxygen atoms in total. The minimum Gasteiger partial charge on any atom is -0.487 e. The average molecular weight is 477 g/mol. The van der Waals surface area contributed by atoms with Crippen LogP contribution in [-0.2, 0) is 18.7 Å². The van der Waals surface area contributed by atoms with Gasteiger partial charge >= 0.3 is 0 Å². The van der Waals surface area contributed by atoms with Gasteiger partial charge < -0.3 is 15.0 Å². The van der Waals surface area contributed by atoms with Crippen LogP contribution in [0.3, 0.4) is 0 Å². The number of halogens is 3. The molecule has 0 bridgehead atoms. The summed E-state index contributed by atoms with van der Waals surface area (Å²) in [4.78, 5) is 12.9. The van der Waals surface area contributed by atoms with E-state index >= 15 is 0 Å². The van der Waals surface area contributed by atoms with Gasteiger partial charge in [-0.25, -0.2) is 8.78 Å². The number of benzene rings is 2. The van der Waals surface area contributed by atoms with Crippen LogP contribution in [0.25, 0.3) is 0 Å². The molecule has 3 aromatic rings. The maximum Gasteiger partial charge on any atom is 0.269 e. The summed E-state index contributed by atoms with van der Waals surface area (Å²) >= 11 is 3.29. The first-order valence-electron chi connectivity index (χ1n) is 9.41. The first-order chi connectivity index (χ1) is 14.1. The van der Waals surface area contributed by atoms with Gasteiger partial charge in [-0.2, -0.15) is 0 Å². The molecular weight excluding hydrogens is 454 g/mol. The summed E-state index contributed by atoms with van der Waals surface area (Å²) in [5.74, 6) is -1.04. The maximum absolute atomic E-state index is 13.8. The van der Waals surface area contributed by atoms with E-state index < -0.39 is 17.2 Å². The molecule has 0 aliphatic rings. The molecule has 0 saturated heterocycles. The van der Waals surface area contributed by atoms with Crippen LogP contribution in [0.1, 0.15) is 36.2 Å². The monoisotopic (exact) mass is 476 g/mol. The molecule has 30 heavy (non-hydrogen) atoms. The lowest BCUT2D eigenvalue weighted by Crippen LogP contribution is -2.28. The number of aromatic nitrogens is 1. The zero-order chi connectivity index (χ0) is 22.1. The van der Waals surface area contributed by atoms with Gasteiger partial charge in [-0.15, -0.1) is 0 Å². The van der Waals surface area contributed by atoms with Crippen molar-refractivity contribution < 1.29 is 13.5 Å². The molecule has 2 aromatic carbocycles. The predicted molar refractivity (Wildman–Crippen MR) is 117 cm³/mol. The molecule has 0 saturated carbocycles. The summed E-state index contributed by atoms with van der Waals surface area (Å²) in [6.45, 7) is 5.94. The Kier molecular flexibility index (Phi) is 6.43. The van der Waals surface area contributed by atoms with Crippen molar-refractivity contribution in [3.63, 3.8) is 0 Å². The van der Waals surface area contributed by atoms with Gasteiger partial charge in [0.2, 0.25) is 0 Å². The molecule has 0 aliphatic carbocycles. The number of nitrogens with two attached hydrogens (primary N) is 1. The van der Waals surface area contributed by atoms with Crippen LogP contribution >= 0.6 is 15.9 Å². The second-order valence-corrected chi connectivity index (χ2v) is 8.59. The fourth-order valence-corrected chi connectivity index (χ4v) is 3.48. The minimum atomic E-state index is -0.694. The van der Waals surface area contributed by atoms with Crippen molar-refractivity contribution >= 4 is 15.9 Å². The van der Waals surface area contributed by atoms with Gasteiger partial charge in [-0.3, -0.25) is 4.79 Å². The standard InChI is InChI=1S/C23H23BrF2N2O2/c1-14-10-20(30-13-16-6-9-18(25)11-19(16)26)21(24)22(29)28(14)12-15-4-7-17(8-5-15)23(2,3)27/h4-11H,12-13,27H2,1-3H3. The Morgan fingerprint density at radius 1 is 1.10 bits per heavy atom. The molecule has 2 N–H and O–H groups in total. The SMILES string of the molecule is Cc1cc(OCc2ccc(F)cc2F)c(Br)c(=O)n1Cc1ccc(C(C)(C)N)cc1. The summed E-state index contributed by atoms with van der Waals surface area (Å²) in [6, 6.07) is 12.8. The van der Waals surface area contributed by atoms with E-state index in [2.05, 4.69) is 15.9 Å². The number of aryl methyl sites for hydroxylation is 1. The van der Waals surface area contributed by atoms with Crippen LogP contribution in [0, 0.1) is 18.6 Å². The second kappa shape index (κ2) is 8.70. The third-order valence-electron chi connectivity index (χ3n) is 4.85. The summed E-state index contributed by atoms with van der Waals surface area (Å²) in [5.41, 5.74) is 8.29. The summed E-state index contributed by atoms with van der Waals surface area (Å²) in [5, 5.41) is 0. The molecule has 0 aliphatic heterocycles. The number of hydrogen-bond acceptors (Lipinski definition) is 3. The molecule has 0 spiro atoms. The van der Waals surface area contributed by atoms with Crippen molar-refractivity contribution in [2.45, 2.75) is 39.5 Å². The fraction of sp³-hybridized carbons (Fsp3) is 0.261. The van der Waals surface area contributed by atoms with Gasteiger partial charge in [-0.05, 0) is 60.0 Å². The molecule has 0 fully saturated rings. The highest BCUT2D eigenvalue weighted by Gasteiger charge is 2.16. The Bertz CT molecular complexity index is 1120. The Hall–Kier alpha value is -2.51. The van der Waals surface area contributed by atoms with Gasteiger partial charge in [0, 0.05) is 28.9 Å². The molecule has 3 rings (SSSR count). The van der Waals surface area contributed by atoms with E-state index in [0.29, 0.717) is 18.0 Å². The zero-order valence-electron chi connectivity index (χ0n) is 17.0. The van der Waals surface area contributed by atoms with Gasteiger partial charge in [-0.1, -0.05) is 24.3 Å². The van der Waals surface area contributed by atoms with Crippen LogP contribution in [0.5, 0.6) is 5.75 Å². The van der Waals surface area contributed by atoms with Crippen molar-refractivity contribution in [3.8, 4) is 5.75 Å².